The quantitative estimate of drug-likeness (QED) is 0.312. The SMILES string of the molecule is CCN(CC)C1=C(C(=O)OC)[C](=[W])C1C.[C-]#[O+].[C-]#[O+].[C-]#[O+].[C-]#[O+].[C-]#[O+]. The molecule has 0 bridgehead atoms. The number of allylic oxidation sites excluding steroid dienone is 1. The Morgan fingerprint density at radius 3 is 1.56 bits per heavy atom. The van der Waals surface area contributed by atoms with Crippen LogP contribution in [-0.4, -0.2) is 35.0 Å². The van der Waals surface area contributed by atoms with Crippen LogP contribution >= 0.6 is 0 Å². The first-order valence-electron chi connectivity index (χ1n) is 6.22. The monoisotopic (exact) mass is 519 g/mol. The summed E-state index contributed by atoms with van der Waals surface area (Å²) in [5.41, 5.74) is 1.99. The van der Waals surface area contributed by atoms with E-state index in [1.807, 2.05) is 0 Å². The maximum absolute atomic E-state index is 11.6. The van der Waals surface area contributed by atoms with Gasteiger partial charge in [0, 0.05) is 0 Å². The number of nitrogens with zero attached hydrogens (tertiary/aromatic N) is 1. The Hall–Kier alpha value is -1.73. The molecule has 1 rings (SSSR count). The number of carbonyl (C=O) groups is 1. The number of carbonyl (C=O) groups excluding carboxylic acids is 1. The summed E-state index contributed by atoms with van der Waals surface area (Å²) in [6.07, 6.45) is 0. The van der Waals surface area contributed by atoms with Crippen LogP contribution in [0, 0.1) is 39.2 Å². The molecule has 0 saturated carbocycles. The van der Waals surface area contributed by atoms with Gasteiger partial charge < -0.3 is 0 Å². The van der Waals surface area contributed by atoms with Crippen LogP contribution in [0.15, 0.2) is 11.3 Å². The van der Waals surface area contributed by atoms with Crippen molar-refractivity contribution < 1.29 is 52.1 Å². The molecule has 0 aromatic heterocycles. The summed E-state index contributed by atoms with van der Waals surface area (Å²) < 4.78 is 43.5. The van der Waals surface area contributed by atoms with E-state index in [2.05, 4.69) is 58.9 Å². The van der Waals surface area contributed by atoms with Crippen molar-refractivity contribution in [3.63, 3.8) is 0 Å². The van der Waals surface area contributed by atoms with E-state index in [0.717, 1.165) is 24.4 Å². The molecular formula is C16H17NO7W. The standard InChI is InChI=1S/C11H17NO2.5CO.W/c1-5-12(6-2)10-8(3)7-9(10)11(13)14-4;5*1-2;/h8H,5-6H2,1-4H3;;;;;;. The van der Waals surface area contributed by atoms with Gasteiger partial charge in [-0.25, -0.2) is 0 Å². The summed E-state index contributed by atoms with van der Waals surface area (Å²) in [6, 6.07) is 0. The van der Waals surface area contributed by atoms with Crippen LogP contribution in [0.2, 0.25) is 0 Å². The Morgan fingerprint density at radius 1 is 1.00 bits per heavy atom. The number of esters is 1. The Bertz CT molecular complexity index is 476. The van der Waals surface area contributed by atoms with Crippen molar-refractivity contribution in [2.45, 2.75) is 20.8 Å². The molecule has 8 nitrogen and oxygen atoms in total. The van der Waals surface area contributed by atoms with Crippen LogP contribution < -0.4 is 0 Å². The van der Waals surface area contributed by atoms with Crippen LogP contribution in [0.3, 0.4) is 0 Å². The molecule has 0 N–H and O–H groups in total. The molecule has 1 atom stereocenters. The van der Waals surface area contributed by atoms with Gasteiger partial charge >= 0.3 is 158 Å². The average molecular weight is 519 g/mol. The summed E-state index contributed by atoms with van der Waals surface area (Å²) in [7, 11) is 1.45. The van der Waals surface area contributed by atoms with Crippen LogP contribution in [0.4, 0.5) is 0 Å². The van der Waals surface area contributed by atoms with E-state index in [0.29, 0.717) is 5.92 Å². The molecule has 9 heteroatoms. The normalized spacial score (nSPS) is 12.4. The third-order valence-electron chi connectivity index (χ3n) is 2.80. The van der Waals surface area contributed by atoms with E-state index < -0.39 is 0 Å². The predicted molar refractivity (Wildman–Crippen MR) is 75.8 cm³/mol. The van der Waals surface area contributed by atoms with E-state index in [9.17, 15) is 4.79 Å². The predicted octanol–water partition coefficient (Wildman–Crippen LogP) is 0.937. The first-order valence-corrected chi connectivity index (χ1v) is 7.68. The molecule has 0 amide bonds. The second-order valence-electron chi connectivity index (χ2n) is 3.51. The fraction of sp³-hybridized carbons (Fsp3) is 0.438. The Kier molecular flexibility index (Phi) is 37.5. The van der Waals surface area contributed by atoms with Crippen LogP contribution in [-0.2, 0) is 52.1 Å². The molecule has 1 aliphatic rings. The van der Waals surface area contributed by atoms with Crippen LogP contribution in [0.5, 0.6) is 0 Å². The third kappa shape index (κ3) is 11.4. The van der Waals surface area contributed by atoms with E-state index >= 15 is 0 Å². The zero-order valence-electron chi connectivity index (χ0n) is 14.2. The van der Waals surface area contributed by atoms with E-state index in [1.54, 1.807) is 0 Å². The number of hydrogen-bond donors (Lipinski definition) is 0. The zero-order chi connectivity index (χ0) is 21.6. The van der Waals surface area contributed by atoms with Crippen molar-refractivity contribution in [1.29, 1.82) is 0 Å². The van der Waals surface area contributed by atoms with Gasteiger partial charge in [0.05, 0.1) is 0 Å². The van der Waals surface area contributed by atoms with Gasteiger partial charge in [0.15, 0.2) is 0 Å². The second kappa shape index (κ2) is 27.1. The van der Waals surface area contributed by atoms with Crippen molar-refractivity contribution in [3.8, 4) is 0 Å². The number of methoxy groups -OCH3 is 1. The minimum atomic E-state index is -0.181. The molecule has 0 aliphatic heterocycles. The minimum absolute atomic E-state index is 0.181. The summed E-state index contributed by atoms with van der Waals surface area (Å²) in [5.74, 6) is 0.244. The fourth-order valence-electron chi connectivity index (χ4n) is 1.91. The number of rotatable bonds is 4. The summed E-state index contributed by atoms with van der Waals surface area (Å²) in [4.78, 5) is 13.8. The number of ether oxygens (including phenoxy) is 1. The summed E-state index contributed by atoms with van der Waals surface area (Å²) >= 11 is 1.37. The first-order chi connectivity index (χ1) is 12.1. The van der Waals surface area contributed by atoms with Gasteiger partial charge in [-0.05, 0) is 0 Å². The Balaban J connectivity index is -0.000000114. The molecular weight excluding hydrogens is 502 g/mol. The van der Waals surface area contributed by atoms with Crippen molar-refractivity contribution >= 4 is 9.87 Å². The van der Waals surface area contributed by atoms with E-state index in [4.69, 9.17) is 28.0 Å². The van der Waals surface area contributed by atoms with E-state index in [1.165, 1.54) is 30.4 Å². The van der Waals surface area contributed by atoms with Crippen molar-refractivity contribution in [2.75, 3.05) is 20.2 Å². The molecule has 0 aromatic rings. The Labute approximate surface area is 158 Å². The van der Waals surface area contributed by atoms with E-state index in [-0.39, 0.29) is 5.97 Å². The first kappa shape index (κ1) is 34.6. The molecule has 1 unspecified atom stereocenters. The fourth-order valence-corrected chi connectivity index (χ4v) is 2.99. The molecule has 0 heterocycles. The molecule has 0 aromatic carbocycles. The van der Waals surface area contributed by atoms with Gasteiger partial charge in [0.2, 0.25) is 0 Å². The van der Waals surface area contributed by atoms with Gasteiger partial charge in [-0.1, -0.05) is 0 Å². The molecule has 0 saturated heterocycles. The molecule has 134 valence electrons. The zero-order valence-corrected chi connectivity index (χ0v) is 17.1. The topological polar surface area (TPSA) is 129 Å². The van der Waals surface area contributed by atoms with Crippen LogP contribution in [0.25, 0.3) is 0 Å². The van der Waals surface area contributed by atoms with Gasteiger partial charge in [-0.15, -0.1) is 0 Å². The molecule has 1 aliphatic carbocycles. The van der Waals surface area contributed by atoms with Crippen molar-refractivity contribution in [2.24, 2.45) is 5.92 Å². The summed E-state index contributed by atoms with van der Waals surface area (Å²) in [5, 5.41) is 0. The van der Waals surface area contributed by atoms with Gasteiger partial charge in [-0.2, -0.15) is 0 Å². The number of hydrogen-bond acceptors (Lipinski definition) is 3. The molecule has 0 spiro atoms. The second-order valence-corrected chi connectivity index (χ2v) is 5.09. The van der Waals surface area contributed by atoms with Crippen molar-refractivity contribution in [3.05, 3.63) is 44.5 Å². The maximum atomic E-state index is 11.6. The van der Waals surface area contributed by atoms with Crippen molar-refractivity contribution in [1.82, 2.24) is 4.90 Å². The van der Waals surface area contributed by atoms with Gasteiger partial charge in [-0.3, -0.25) is 0 Å². The molecule has 25 heavy (non-hydrogen) atoms. The molecule has 0 fully saturated rings. The summed E-state index contributed by atoms with van der Waals surface area (Å²) in [6.45, 7) is 30.8. The van der Waals surface area contributed by atoms with Gasteiger partial charge in [0.1, 0.15) is 0 Å². The molecule has 0 radical (unpaired) electrons. The Morgan fingerprint density at radius 2 is 1.32 bits per heavy atom. The average Bonchev–Trinajstić information content (AvgIpc) is 2.74. The third-order valence-corrected chi connectivity index (χ3v) is 4.80. The van der Waals surface area contributed by atoms with Gasteiger partial charge in [0.25, 0.3) is 0 Å². The van der Waals surface area contributed by atoms with Crippen LogP contribution in [0.1, 0.15) is 20.8 Å².